The van der Waals surface area contributed by atoms with Gasteiger partial charge in [0.15, 0.2) is 0 Å². The van der Waals surface area contributed by atoms with Gasteiger partial charge in [0.1, 0.15) is 0 Å². The summed E-state index contributed by atoms with van der Waals surface area (Å²) in [6.45, 7) is 3.19. The quantitative estimate of drug-likeness (QED) is 0.237. The largest absolute Gasteiger partial charge is 0.361 e. The summed E-state index contributed by atoms with van der Waals surface area (Å²) in [6, 6.07) is 0. The van der Waals surface area contributed by atoms with E-state index in [1.54, 1.807) is 6.08 Å². The molecule has 14 heavy (non-hydrogen) atoms. The Morgan fingerprint density at radius 2 is 2.43 bits per heavy atom. The maximum Gasteiger partial charge on any atom is 0.361 e. The summed E-state index contributed by atoms with van der Waals surface area (Å²) in [6.07, 6.45) is 3.05. The van der Waals surface area contributed by atoms with E-state index in [-0.39, 0.29) is 0 Å². The van der Waals surface area contributed by atoms with Crippen molar-refractivity contribution in [3.8, 4) is 0 Å². The minimum absolute atomic E-state index is 0.502. The second-order valence-corrected chi connectivity index (χ2v) is 8.59. The van der Waals surface area contributed by atoms with Crippen molar-refractivity contribution < 1.29 is 9.09 Å². The van der Waals surface area contributed by atoms with E-state index in [1.807, 2.05) is 6.92 Å². The molecule has 0 saturated carbocycles. The van der Waals surface area contributed by atoms with Crippen LogP contribution in [0.2, 0.25) is 0 Å². The van der Waals surface area contributed by atoms with Crippen LogP contribution in [-0.4, -0.2) is 25.7 Å². The third-order valence-corrected chi connectivity index (χ3v) is 7.59. The van der Waals surface area contributed by atoms with Crippen molar-refractivity contribution in [1.82, 2.24) is 5.09 Å². The van der Waals surface area contributed by atoms with Gasteiger partial charge in [0.2, 0.25) is 0 Å². The Labute approximate surface area is 92.6 Å². The van der Waals surface area contributed by atoms with E-state index in [0.717, 1.165) is 5.75 Å². The van der Waals surface area contributed by atoms with Gasteiger partial charge in [-0.2, -0.15) is 0 Å². The van der Waals surface area contributed by atoms with Crippen molar-refractivity contribution in [1.29, 1.82) is 0 Å². The zero-order valence-corrected chi connectivity index (χ0v) is 10.8. The fourth-order valence-corrected chi connectivity index (χ4v) is 5.46. The number of hydrogen-bond donors (Lipinski definition) is 1. The molecule has 0 aromatic carbocycles. The van der Waals surface area contributed by atoms with Gasteiger partial charge in [-0.25, -0.2) is 0 Å². The minimum Gasteiger partial charge on any atom is -0.309 e. The standard InChI is InChI=1S/C7H15N2O2PS2/c1-4-6-8-7-9-12(10,11-3)14-13-5-2/h4,7H,1,5-6H2,2-3H3,(H,8,9,10). The van der Waals surface area contributed by atoms with E-state index in [1.165, 1.54) is 34.7 Å². The molecule has 1 unspecified atom stereocenters. The molecule has 0 fully saturated rings. The lowest BCUT2D eigenvalue weighted by Gasteiger charge is -2.12. The van der Waals surface area contributed by atoms with Gasteiger partial charge in [-0.1, -0.05) is 23.8 Å². The van der Waals surface area contributed by atoms with Crippen molar-refractivity contribution in [3.63, 3.8) is 0 Å². The average Bonchev–Trinajstić information content (AvgIpc) is 2.22. The summed E-state index contributed by atoms with van der Waals surface area (Å²) >= 11 is 0. The molecular formula is C7H15N2O2PS2. The van der Waals surface area contributed by atoms with Crippen LogP contribution in [0.4, 0.5) is 0 Å². The van der Waals surface area contributed by atoms with Gasteiger partial charge in [-0.05, 0) is 0 Å². The molecule has 0 heterocycles. The molecule has 0 aliphatic rings. The van der Waals surface area contributed by atoms with Crippen molar-refractivity contribution in [2.75, 3.05) is 19.4 Å². The predicted molar refractivity (Wildman–Crippen MR) is 67.0 cm³/mol. The van der Waals surface area contributed by atoms with Crippen molar-refractivity contribution >= 4 is 34.3 Å². The first-order valence-corrected chi connectivity index (χ1v) is 8.57. The molecule has 0 bridgehead atoms. The Bertz CT molecular complexity index is 236. The van der Waals surface area contributed by atoms with E-state index >= 15 is 0 Å². The van der Waals surface area contributed by atoms with Crippen LogP contribution in [0.3, 0.4) is 0 Å². The first-order valence-electron chi connectivity index (χ1n) is 4.02. The molecule has 0 spiro atoms. The lowest BCUT2D eigenvalue weighted by atomic mass is 10.7. The van der Waals surface area contributed by atoms with Crippen molar-refractivity contribution in [2.24, 2.45) is 4.99 Å². The number of nitrogens with zero attached hydrogens (tertiary/aromatic N) is 1. The average molecular weight is 254 g/mol. The Hall–Kier alpha value is 0.1000. The van der Waals surface area contributed by atoms with E-state index in [9.17, 15) is 4.57 Å². The van der Waals surface area contributed by atoms with Gasteiger partial charge in [0.25, 0.3) is 0 Å². The van der Waals surface area contributed by atoms with Crippen LogP contribution < -0.4 is 5.09 Å². The third kappa shape index (κ3) is 6.54. The summed E-state index contributed by atoms with van der Waals surface area (Å²) in [5, 5.41) is 2.65. The molecule has 0 rings (SSSR count). The molecular weight excluding hydrogens is 239 g/mol. The minimum atomic E-state index is -2.81. The second-order valence-electron chi connectivity index (χ2n) is 2.07. The topological polar surface area (TPSA) is 50.7 Å². The van der Waals surface area contributed by atoms with Crippen molar-refractivity contribution in [2.45, 2.75) is 6.92 Å². The Morgan fingerprint density at radius 1 is 1.71 bits per heavy atom. The normalized spacial score (nSPS) is 15.3. The smallest absolute Gasteiger partial charge is 0.309 e. The van der Waals surface area contributed by atoms with Gasteiger partial charge in [0.05, 0.1) is 12.9 Å². The molecule has 1 atom stereocenters. The SMILES string of the molecule is C=CCN=CNP(=O)(OC)SSCC. The molecule has 0 amide bonds. The molecule has 0 radical (unpaired) electrons. The van der Waals surface area contributed by atoms with E-state index < -0.39 is 6.72 Å². The van der Waals surface area contributed by atoms with Crippen LogP contribution in [0.5, 0.6) is 0 Å². The first-order chi connectivity index (χ1) is 6.68. The molecule has 0 aromatic heterocycles. The zero-order valence-electron chi connectivity index (χ0n) is 8.30. The molecule has 0 aliphatic heterocycles. The predicted octanol–water partition coefficient (Wildman–Crippen LogP) is 2.95. The molecule has 0 aromatic rings. The van der Waals surface area contributed by atoms with Crippen LogP contribution in [0.15, 0.2) is 17.6 Å². The number of hydrogen-bond acceptors (Lipinski definition) is 5. The molecule has 4 nitrogen and oxygen atoms in total. The Balaban J connectivity index is 3.98. The van der Waals surface area contributed by atoms with E-state index in [0.29, 0.717) is 6.54 Å². The third-order valence-electron chi connectivity index (χ3n) is 1.05. The maximum absolute atomic E-state index is 11.8. The maximum atomic E-state index is 11.8. The van der Waals surface area contributed by atoms with Gasteiger partial charge in [-0.3, -0.25) is 14.6 Å². The number of aliphatic imine (C=N–C) groups is 1. The highest BCUT2D eigenvalue weighted by atomic mass is 33.3. The van der Waals surface area contributed by atoms with Gasteiger partial charge in [-0.15, -0.1) is 6.58 Å². The molecule has 1 N–H and O–H groups in total. The van der Waals surface area contributed by atoms with E-state index in [4.69, 9.17) is 4.52 Å². The molecule has 82 valence electrons. The summed E-state index contributed by atoms with van der Waals surface area (Å²) in [4.78, 5) is 3.90. The molecule has 0 aliphatic carbocycles. The highest BCUT2D eigenvalue weighted by molar-refractivity contribution is 8.99. The summed E-state index contributed by atoms with van der Waals surface area (Å²) in [5.74, 6) is 0.878. The van der Waals surface area contributed by atoms with Crippen LogP contribution in [0.1, 0.15) is 6.92 Å². The Morgan fingerprint density at radius 3 is 2.93 bits per heavy atom. The van der Waals surface area contributed by atoms with E-state index in [2.05, 4.69) is 16.7 Å². The highest BCUT2D eigenvalue weighted by Gasteiger charge is 2.20. The monoisotopic (exact) mass is 254 g/mol. The Kier molecular flexibility index (Phi) is 8.47. The summed E-state index contributed by atoms with van der Waals surface area (Å²) < 4.78 is 16.7. The fourth-order valence-electron chi connectivity index (χ4n) is 0.466. The van der Waals surface area contributed by atoms with Crippen LogP contribution in [0, 0.1) is 0 Å². The second kappa shape index (κ2) is 8.41. The zero-order chi connectivity index (χ0) is 10.9. The van der Waals surface area contributed by atoms with Gasteiger partial charge >= 0.3 is 6.72 Å². The first kappa shape index (κ1) is 14.1. The van der Waals surface area contributed by atoms with Crippen LogP contribution >= 0.6 is 27.9 Å². The molecule has 7 heteroatoms. The number of rotatable bonds is 8. The van der Waals surface area contributed by atoms with Crippen LogP contribution in [0.25, 0.3) is 0 Å². The van der Waals surface area contributed by atoms with Crippen LogP contribution in [-0.2, 0) is 9.09 Å². The summed E-state index contributed by atoms with van der Waals surface area (Å²) in [5.41, 5.74) is 0. The van der Waals surface area contributed by atoms with Gasteiger partial charge in [0, 0.05) is 23.3 Å². The fraction of sp³-hybridized carbons (Fsp3) is 0.571. The highest BCUT2D eigenvalue weighted by Crippen LogP contribution is 2.60. The number of nitrogens with one attached hydrogen (secondary N) is 1. The lowest BCUT2D eigenvalue weighted by Crippen LogP contribution is -2.06. The summed E-state index contributed by atoms with van der Waals surface area (Å²) in [7, 11) is 4.11. The lowest BCUT2D eigenvalue weighted by molar-refractivity contribution is 0.406. The molecule has 0 saturated heterocycles. The van der Waals surface area contributed by atoms with Gasteiger partial charge < -0.3 is 4.52 Å². The van der Waals surface area contributed by atoms with Crippen molar-refractivity contribution in [3.05, 3.63) is 12.7 Å².